The average molecular weight is 383 g/mol. The van der Waals surface area contributed by atoms with Gasteiger partial charge in [-0.15, -0.1) is 11.3 Å². The summed E-state index contributed by atoms with van der Waals surface area (Å²) in [5, 5.41) is 2.11. The first-order valence-corrected chi connectivity index (χ1v) is 10.6. The van der Waals surface area contributed by atoms with Crippen LogP contribution in [0.2, 0.25) is 0 Å². The van der Waals surface area contributed by atoms with E-state index in [1.807, 2.05) is 13.8 Å². The second-order valence-corrected chi connectivity index (χ2v) is 8.97. The summed E-state index contributed by atoms with van der Waals surface area (Å²) in [4.78, 5) is 0. The van der Waals surface area contributed by atoms with E-state index in [0.717, 1.165) is 25.7 Å². The summed E-state index contributed by atoms with van der Waals surface area (Å²) in [5.41, 5.74) is 1.39. The maximum atomic E-state index is 12.2. The van der Waals surface area contributed by atoms with Crippen molar-refractivity contribution in [2.75, 3.05) is 19.4 Å². The van der Waals surface area contributed by atoms with Crippen molar-refractivity contribution in [1.29, 1.82) is 0 Å². The first kappa shape index (κ1) is 18.4. The summed E-state index contributed by atoms with van der Waals surface area (Å²) in [6.07, 6.45) is 5.95. The van der Waals surface area contributed by atoms with Crippen LogP contribution in [0.4, 0.5) is 0 Å². The minimum atomic E-state index is -2.83. The number of hydrogen-bond donors (Lipinski definition) is 0. The SMILES string of the molecule is CCOP(=O)(CCCCCCc1ccsc1Br)OCC. The second kappa shape index (κ2) is 10.1. The van der Waals surface area contributed by atoms with Crippen LogP contribution in [0.1, 0.15) is 45.1 Å². The van der Waals surface area contributed by atoms with E-state index >= 15 is 0 Å². The molecule has 3 nitrogen and oxygen atoms in total. The molecule has 1 heterocycles. The Morgan fingerprint density at radius 3 is 2.35 bits per heavy atom. The van der Waals surface area contributed by atoms with Gasteiger partial charge >= 0.3 is 7.60 Å². The van der Waals surface area contributed by atoms with Crippen LogP contribution in [-0.2, 0) is 20.0 Å². The Hall–Kier alpha value is 0.330. The fraction of sp³-hybridized carbons (Fsp3) is 0.714. The number of aryl methyl sites for hydroxylation is 1. The monoisotopic (exact) mass is 382 g/mol. The molecule has 0 fully saturated rings. The topological polar surface area (TPSA) is 35.5 Å². The molecule has 20 heavy (non-hydrogen) atoms. The Bertz CT molecular complexity index is 412. The van der Waals surface area contributed by atoms with E-state index < -0.39 is 7.60 Å². The third-order valence-electron chi connectivity index (χ3n) is 2.97. The van der Waals surface area contributed by atoms with Crippen LogP contribution in [0.5, 0.6) is 0 Å². The zero-order chi connectivity index (χ0) is 14.8. The predicted molar refractivity (Wildman–Crippen MR) is 89.9 cm³/mol. The van der Waals surface area contributed by atoms with Gasteiger partial charge < -0.3 is 9.05 Å². The molecule has 0 spiro atoms. The summed E-state index contributed by atoms with van der Waals surface area (Å²) >= 11 is 5.29. The Morgan fingerprint density at radius 2 is 1.80 bits per heavy atom. The highest BCUT2D eigenvalue weighted by molar-refractivity contribution is 9.11. The summed E-state index contributed by atoms with van der Waals surface area (Å²) < 4.78 is 24.0. The van der Waals surface area contributed by atoms with Gasteiger partial charge in [0.1, 0.15) is 0 Å². The van der Waals surface area contributed by atoms with Crippen LogP contribution in [-0.4, -0.2) is 19.4 Å². The van der Waals surface area contributed by atoms with Crippen LogP contribution >= 0.6 is 34.9 Å². The Morgan fingerprint density at radius 1 is 1.15 bits per heavy atom. The van der Waals surface area contributed by atoms with Gasteiger partial charge in [-0.2, -0.15) is 0 Å². The number of hydrogen-bond acceptors (Lipinski definition) is 4. The lowest BCUT2D eigenvalue weighted by atomic mass is 10.1. The molecule has 0 saturated heterocycles. The van der Waals surface area contributed by atoms with E-state index in [1.54, 1.807) is 11.3 Å². The van der Waals surface area contributed by atoms with E-state index in [1.165, 1.54) is 15.8 Å². The number of unbranched alkanes of at least 4 members (excludes halogenated alkanes) is 3. The predicted octanol–water partition coefficient (Wildman–Crippen LogP) is 5.88. The summed E-state index contributed by atoms with van der Waals surface area (Å²) in [5.74, 6) is 0. The standard InChI is InChI=1S/C14H24BrO3PS/c1-3-17-19(16,18-4-2)11-8-6-5-7-9-13-10-12-20-14(13)15/h10,12H,3-9,11H2,1-2H3. The van der Waals surface area contributed by atoms with Gasteiger partial charge in [-0.25, -0.2) is 0 Å². The molecule has 1 rings (SSSR count). The van der Waals surface area contributed by atoms with Crippen LogP contribution in [0.3, 0.4) is 0 Å². The zero-order valence-electron chi connectivity index (χ0n) is 12.3. The second-order valence-electron chi connectivity index (χ2n) is 4.55. The molecule has 116 valence electrons. The average Bonchev–Trinajstić information content (AvgIpc) is 2.80. The van der Waals surface area contributed by atoms with Gasteiger partial charge in [0.05, 0.1) is 23.2 Å². The molecular formula is C14H24BrO3PS. The first-order chi connectivity index (χ1) is 9.61. The summed E-state index contributed by atoms with van der Waals surface area (Å²) in [6.45, 7) is 4.60. The fourth-order valence-electron chi connectivity index (χ4n) is 2.03. The van der Waals surface area contributed by atoms with Crippen LogP contribution < -0.4 is 0 Å². The molecule has 0 saturated carbocycles. The van der Waals surface area contributed by atoms with Crippen molar-refractivity contribution in [3.63, 3.8) is 0 Å². The van der Waals surface area contributed by atoms with Crippen molar-refractivity contribution in [3.8, 4) is 0 Å². The van der Waals surface area contributed by atoms with Crippen molar-refractivity contribution < 1.29 is 13.6 Å². The maximum absolute atomic E-state index is 12.2. The lowest BCUT2D eigenvalue weighted by Crippen LogP contribution is -2.00. The quantitative estimate of drug-likeness (QED) is 0.354. The number of rotatable bonds is 11. The van der Waals surface area contributed by atoms with Gasteiger partial charge in [0.2, 0.25) is 0 Å². The Labute approximate surface area is 134 Å². The molecule has 0 aliphatic heterocycles. The van der Waals surface area contributed by atoms with Gasteiger partial charge in [0.15, 0.2) is 0 Å². The van der Waals surface area contributed by atoms with Crippen molar-refractivity contribution in [2.24, 2.45) is 0 Å². The highest BCUT2D eigenvalue weighted by Crippen LogP contribution is 2.48. The molecule has 0 aromatic carbocycles. The minimum absolute atomic E-state index is 0.448. The third-order valence-corrected chi connectivity index (χ3v) is 6.95. The van der Waals surface area contributed by atoms with Gasteiger partial charge in [-0.3, -0.25) is 4.57 Å². The van der Waals surface area contributed by atoms with E-state index in [-0.39, 0.29) is 0 Å². The minimum Gasteiger partial charge on any atom is -0.309 e. The molecule has 0 radical (unpaired) electrons. The fourth-order valence-corrected chi connectivity index (χ4v) is 5.09. The Kier molecular flexibility index (Phi) is 9.30. The number of thiophene rings is 1. The van der Waals surface area contributed by atoms with E-state index in [2.05, 4.69) is 27.4 Å². The molecule has 6 heteroatoms. The zero-order valence-corrected chi connectivity index (χ0v) is 15.6. The van der Waals surface area contributed by atoms with Crippen molar-refractivity contribution in [1.82, 2.24) is 0 Å². The van der Waals surface area contributed by atoms with Crippen LogP contribution in [0.25, 0.3) is 0 Å². The molecule has 1 aromatic heterocycles. The van der Waals surface area contributed by atoms with Gasteiger partial charge in [-0.05, 0) is 66.0 Å². The van der Waals surface area contributed by atoms with Crippen molar-refractivity contribution in [3.05, 3.63) is 20.8 Å². The largest absolute Gasteiger partial charge is 0.330 e. The smallest absolute Gasteiger partial charge is 0.309 e. The first-order valence-electron chi connectivity index (χ1n) is 7.21. The highest BCUT2D eigenvalue weighted by atomic mass is 79.9. The third kappa shape index (κ3) is 6.86. The van der Waals surface area contributed by atoms with Crippen LogP contribution in [0, 0.1) is 0 Å². The molecule has 0 atom stereocenters. The normalized spacial score (nSPS) is 11.9. The van der Waals surface area contributed by atoms with Gasteiger partial charge in [-0.1, -0.05) is 12.8 Å². The summed E-state index contributed by atoms with van der Waals surface area (Å²) in [6, 6.07) is 2.17. The van der Waals surface area contributed by atoms with E-state index in [9.17, 15) is 4.57 Å². The highest BCUT2D eigenvalue weighted by Gasteiger charge is 2.22. The molecule has 1 aromatic rings. The van der Waals surface area contributed by atoms with Gasteiger partial charge in [0.25, 0.3) is 0 Å². The Balaban J connectivity index is 2.14. The molecule has 0 bridgehead atoms. The molecule has 0 amide bonds. The maximum Gasteiger partial charge on any atom is 0.330 e. The van der Waals surface area contributed by atoms with Crippen molar-refractivity contribution in [2.45, 2.75) is 46.0 Å². The molecule has 0 aliphatic carbocycles. The lowest BCUT2D eigenvalue weighted by molar-refractivity contribution is 0.219. The van der Waals surface area contributed by atoms with Crippen molar-refractivity contribution >= 4 is 34.9 Å². The van der Waals surface area contributed by atoms with E-state index in [0.29, 0.717) is 19.4 Å². The number of halogens is 1. The molecule has 0 unspecified atom stereocenters. The summed E-state index contributed by atoms with van der Waals surface area (Å²) in [7, 11) is -2.83. The molecule has 0 N–H and O–H groups in total. The van der Waals surface area contributed by atoms with Gasteiger partial charge in [0, 0.05) is 0 Å². The van der Waals surface area contributed by atoms with E-state index in [4.69, 9.17) is 9.05 Å². The molecule has 0 aliphatic rings. The molecular weight excluding hydrogens is 359 g/mol. The van der Waals surface area contributed by atoms with Crippen LogP contribution in [0.15, 0.2) is 15.2 Å². The lowest BCUT2D eigenvalue weighted by Gasteiger charge is -2.16.